The Morgan fingerprint density at radius 3 is 2.13 bits per heavy atom. The summed E-state index contributed by atoms with van der Waals surface area (Å²) in [5.74, 6) is -4.75. The summed E-state index contributed by atoms with van der Waals surface area (Å²) in [6.45, 7) is 0.0549. The molecule has 1 aromatic heterocycles. The van der Waals surface area contributed by atoms with Crippen LogP contribution >= 0.6 is 0 Å². The third kappa shape index (κ3) is 7.33. The average molecular weight is 751 g/mol. The number of aldehydes is 2. The summed E-state index contributed by atoms with van der Waals surface area (Å²) in [5, 5.41) is 92.2. The highest BCUT2D eigenvalue weighted by Crippen LogP contribution is 2.39. The molecule has 2 aromatic carbocycles. The van der Waals surface area contributed by atoms with E-state index >= 15 is 0 Å². The van der Waals surface area contributed by atoms with Crippen molar-refractivity contribution in [3.05, 3.63) is 46.6 Å². The smallest absolute Gasteiger partial charge is 0.239 e. The Kier molecular flexibility index (Phi) is 11.3. The normalized spacial score (nSPS) is 36.2. The first-order chi connectivity index (χ1) is 25.3. The third-order valence-electron chi connectivity index (χ3n) is 9.44. The second-order valence-corrected chi connectivity index (χ2v) is 12.9. The number of hydrogen-bond donors (Lipinski definition) is 9. The van der Waals surface area contributed by atoms with Crippen LogP contribution in [0.2, 0.25) is 0 Å². The molecule has 6 rings (SSSR count). The number of carbonyl (C=O) groups is 2. The van der Waals surface area contributed by atoms with Gasteiger partial charge >= 0.3 is 0 Å². The minimum atomic E-state index is -1.91. The number of aliphatic hydroxyl groups excluding tert-OH is 6. The van der Waals surface area contributed by atoms with Crippen LogP contribution in [0.1, 0.15) is 6.92 Å². The molecule has 0 bridgehead atoms. The standard InChI is InChI=1S/C34H38O19/c1-12-28(24(42)26(44)32(46)48-12)52-34-27(45)25(43)30(20(10-37)51-34)53-33-17(9-36)16(8-35)21(11-47-33)50-31-23(41)22-18(40)6-15(39)7-19(22)49-29(31)13-2-4-14(38)5-3-13/h2-9,12,16-17,20-21,24-28,30,32-34,37-40,42-46H,10-11H2,1H3. The molecule has 3 aliphatic rings. The zero-order valence-electron chi connectivity index (χ0n) is 27.7. The Balaban J connectivity index is 1.23. The first-order valence-electron chi connectivity index (χ1n) is 16.4. The summed E-state index contributed by atoms with van der Waals surface area (Å²) in [6.07, 6.45) is -18.4. The maximum Gasteiger partial charge on any atom is 0.239 e. The molecular weight excluding hydrogens is 712 g/mol. The molecule has 3 fully saturated rings. The van der Waals surface area contributed by atoms with Crippen molar-refractivity contribution in [3.63, 3.8) is 0 Å². The average Bonchev–Trinajstić information content (AvgIpc) is 3.13. The number of fused-ring (bicyclic) bond motifs is 1. The van der Waals surface area contributed by atoms with Crippen LogP contribution in [-0.2, 0) is 33.3 Å². The Labute approximate surface area is 298 Å². The molecule has 14 unspecified atom stereocenters. The van der Waals surface area contributed by atoms with Crippen molar-refractivity contribution in [2.24, 2.45) is 11.8 Å². The summed E-state index contributed by atoms with van der Waals surface area (Å²) in [5.41, 5.74) is -0.920. The Hall–Kier alpha value is -4.25. The molecule has 3 aromatic rings. The van der Waals surface area contributed by atoms with E-state index in [2.05, 4.69) is 0 Å². The van der Waals surface area contributed by atoms with Gasteiger partial charge in [-0.15, -0.1) is 0 Å². The Bertz CT molecular complexity index is 1830. The van der Waals surface area contributed by atoms with Gasteiger partial charge in [0.2, 0.25) is 11.2 Å². The topological polar surface area (TPSA) is 302 Å². The van der Waals surface area contributed by atoms with Gasteiger partial charge in [0, 0.05) is 17.7 Å². The number of rotatable bonds is 10. The molecule has 3 aliphatic heterocycles. The van der Waals surface area contributed by atoms with Gasteiger partial charge in [-0.05, 0) is 31.2 Å². The van der Waals surface area contributed by atoms with Crippen molar-refractivity contribution in [2.45, 2.75) is 80.7 Å². The van der Waals surface area contributed by atoms with Gasteiger partial charge in [-0.2, -0.15) is 0 Å². The van der Waals surface area contributed by atoms with E-state index in [9.17, 15) is 60.3 Å². The first kappa shape index (κ1) is 38.5. The Morgan fingerprint density at radius 2 is 1.47 bits per heavy atom. The van der Waals surface area contributed by atoms with Crippen molar-refractivity contribution in [1.82, 2.24) is 0 Å². The van der Waals surface area contributed by atoms with E-state index in [-0.39, 0.29) is 28.0 Å². The predicted molar refractivity (Wildman–Crippen MR) is 172 cm³/mol. The number of hydrogen-bond acceptors (Lipinski definition) is 19. The fraction of sp³-hybridized carbons (Fsp3) is 0.500. The second-order valence-electron chi connectivity index (χ2n) is 12.9. The molecule has 4 heterocycles. The van der Waals surface area contributed by atoms with E-state index in [4.69, 9.17) is 32.8 Å². The zero-order valence-corrected chi connectivity index (χ0v) is 27.7. The number of carbonyl (C=O) groups excluding carboxylic acids is 2. The number of aromatic hydroxyl groups is 3. The van der Waals surface area contributed by atoms with Gasteiger partial charge < -0.3 is 88.4 Å². The van der Waals surface area contributed by atoms with Crippen LogP contribution in [0.25, 0.3) is 22.3 Å². The van der Waals surface area contributed by atoms with E-state index < -0.39 is 122 Å². The van der Waals surface area contributed by atoms with Crippen molar-refractivity contribution in [1.29, 1.82) is 0 Å². The van der Waals surface area contributed by atoms with Crippen LogP contribution in [0.3, 0.4) is 0 Å². The number of ether oxygens (including phenoxy) is 6. The highest BCUT2D eigenvalue weighted by Gasteiger charge is 2.52. The van der Waals surface area contributed by atoms with Crippen molar-refractivity contribution >= 4 is 23.5 Å². The molecule has 0 aliphatic carbocycles. The monoisotopic (exact) mass is 750 g/mol. The summed E-state index contributed by atoms with van der Waals surface area (Å²) in [4.78, 5) is 38.8. The predicted octanol–water partition coefficient (Wildman–Crippen LogP) is -2.02. The first-order valence-corrected chi connectivity index (χ1v) is 16.4. The van der Waals surface area contributed by atoms with Gasteiger partial charge in [-0.25, -0.2) is 0 Å². The van der Waals surface area contributed by atoms with Gasteiger partial charge in [0.05, 0.1) is 31.2 Å². The minimum Gasteiger partial charge on any atom is -0.508 e. The van der Waals surface area contributed by atoms with Crippen molar-refractivity contribution < 1.29 is 88.4 Å². The molecule has 19 nitrogen and oxygen atoms in total. The molecule has 0 saturated carbocycles. The van der Waals surface area contributed by atoms with E-state index in [0.29, 0.717) is 12.6 Å². The lowest BCUT2D eigenvalue weighted by molar-refractivity contribution is -0.365. The number of phenols is 3. The van der Waals surface area contributed by atoms with Gasteiger partial charge in [-0.1, -0.05) is 0 Å². The number of aliphatic hydroxyl groups is 6. The van der Waals surface area contributed by atoms with Crippen LogP contribution < -0.4 is 10.2 Å². The van der Waals surface area contributed by atoms with E-state index in [1.165, 1.54) is 31.2 Å². The molecule has 3 saturated heterocycles. The summed E-state index contributed by atoms with van der Waals surface area (Å²) >= 11 is 0. The molecule has 288 valence electrons. The van der Waals surface area contributed by atoms with Gasteiger partial charge in [0.1, 0.15) is 89.6 Å². The fourth-order valence-electron chi connectivity index (χ4n) is 6.60. The maximum absolute atomic E-state index is 13.8. The summed E-state index contributed by atoms with van der Waals surface area (Å²) < 4.78 is 39.9. The van der Waals surface area contributed by atoms with Crippen LogP contribution in [-0.4, -0.2) is 146 Å². The van der Waals surface area contributed by atoms with E-state index in [1.54, 1.807) is 0 Å². The van der Waals surface area contributed by atoms with E-state index in [1.807, 2.05) is 0 Å². The Morgan fingerprint density at radius 1 is 0.811 bits per heavy atom. The molecule has 0 amide bonds. The van der Waals surface area contributed by atoms with Crippen molar-refractivity contribution in [2.75, 3.05) is 13.2 Å². The molecule has 19 heteroatoms. The van der Waals surface area contributed by atoms with Gasteiger partial charge in [0.25, 0.3) is 0 Å². The minimum absolute atomic E-state index is 0.114. The zero-order chi connectivity index (χ0) is 38.3. The summed E-state index contributed by atoms with van der Waals surface area (Å²) in [7, 11) is 0. The van der Waals surface area contributed by atoms with Gasteiger partial charge in [0.15, 0.2) is 24.6 Å². The fourth-order valence-corrected chi connectivity index (χ4v) is 6.60. The highest BCUT2D eigenvalue weighted by atomic mass is 16.7. The summed E-state index contributed by atoms with van der Waals surface area (Å²) in [6, 6.07) is 7.36. The molecule has 0 spiro atoms. The van der Waals surface area contributed by atoms with Crippen LogP contribution in [0.5, 0.6) is 23.0 Å². The molecule has 9 N–H and O–H groups in total. The molecular formula is C34H38O19. The maximum atomic E-state index is 13.8. The van der Waals surface area contributed by atoms with Crippen LogP contribution in [0, 0.1) is 11.8 Å². The lowest BCUT2D eigenvalue weighted by Crippen LogP contribution is -2.65. The van der Waals surface area contributed by atoms with Gasteiger partial charge in [-0.3, -0.25) is 4.79 Å². The second kappa shape index (κ2) is 15.6. The molecule has 14 atom stereocenters. The lowest BCUT2D eigenvalue weighted by atomic mass is 9.86. The number of benzene rings is 2. The SMILES string of the molecule is CC1OC(O)C(O)C(O)C1OC1OC(CO)C(OC2OCC(Oc3c(-c4ccc(O)cc4)oc4cc(O)cc(O)c4c3=O)C(C=O)C2C=O)C(O)C1O. The molecule has 53 heavy (non-hydrogen) atoms. The quantitative estimate of drug-likeness (QED) is 0.101. The van der Waals surface area contributed by atoms with Crippen LogP contribution in [0.15, 0.2) is 45.6 Å². The third-order valence-corrected chi connectivity index (χ3v) is 9.44. The number of phenolic OH excluding ortho intramolecular Hbond substituents is 3. The molecule has 0 radical (unpaired) electrons. The van der Waals surface area contributed by atoms with Crippen molar-refractivity contribution in [3.8, 4) is 34.3 Å². The van der Waals surface area contributed by atoms with Crippen LogP contribution in [0.4, 0.5) is 0 Å². The lowest BCUT2D eigenvalue weighted by Gasteiger charge is -2.47. The highest BCUT2D eigenvalue weighted by molar-refractivity contribution is 5.88. The van der Waals surface area contributed by atoms with E-state index in [0.717, 1.165) is 12.1 Å². The largest absolute Gasteiger partial charge is 0.508 e.